The van der Waals surface area contributed by atoms with E-state index in [2.05, 4.69) is 21.7 Å². The van der Waals surface area contributed by atoms with Gasteiger partial charge in [-0.3, -0.25) is 9.59 Å². The molecule has 5 rings (SSSR count). The first-order chi connectivity index (χ1) is 17.0. The number of carbonyl (C=O) groups excluding carboxylic acids is 1. The lowest BCUT2D eigenvalue weighted by Crippen LogP contribution is -2.42. The van der Waals surface area contributed by atoms with Crippen molar-refractivity contribution in [1.82, 2.24) is 14.9 Å². The van der Waals surface area contributed by atoms with E-state index in [-0.39, 0.29) is 24.1 Å². The molecule has 3 heterocycles. The van der Waals surface area contributed by atoms with Crippen LogP contribution in [0.5, 0.6) is 5.75 Å². The average Bonchev–Trinajstić information content (AvgIpc) is 2.88. The summed E-state index contributed by atoms with van der Waals surface area (Å²) in [5.74, 6) is 1.20. The van der Waals surface area contributed by atoms with Crippen molar-refractivity contribution in [1.29, 1.82) is 5.26 Å². The number of fused-ring (bicyclic) bond motifs is 2. The van der Waals surface area contributed by atoms with Gasteiger partial charge in [0.15, 0.2) is 18.2 Å². The predicted molar refractivity (Wildman–Crippen MR) is 132 cm³/mol. The highest BCUT2D eigenvalue weighted by molar-refractivity contribution is 5.94. The van der Waals surface area contributed by atoms with Crippen molar-refractivity contribution in [3.63, 3.8) is 0 Å². The van der Waals surface area contributed by atoms with Crippen LogP contribution in [0.4, 0.5) is 5.82 Å². The maximum absolute atomic E-state index is 12.6. The third kappa shape index (κ3) is 5.04. The summed E-state index contributed by atoms with van der Waals surface area (Å²) in [7, 11) is 0. The molecule has 0 spiro atoms. The molecule has 1 fully saturated rings. The van der Waals surface area contributed by atoms with Crippen molar-refractivity contribution in [2.24, 2.45) is 11.7 Å². The SMILES string of the molecule is N#Cc1ccc2ccc(=O)n(C[C@H](N)[C@H]3CC[C@H](NCc4ccc5c(n4)NC(=O)CO5)CC3)c2c1. The lowest BCUT2D eigenvalue weighted by atomic mass is 9.81. The van der Waals surface area contributed by atoms with Crippen LogP contribution in [-0.2, 0) is 17.9 Å². The largest absolute Gasteiger partial charge is 0.480 e. The molecule has 1 aliphatic carbocycles. The zero-order valence-corrected chi connectivity index (χ0v) is 19.4. The Balaban J connectivity index is 1.17. The van der Waals surface area contributed by atoms with E-state index in [1.54, 1.807) is 28.8 Å². The lowest BCUT2D eigenvalue weighted by molar-refractivity contribution is -0.118. The molecule has 0 unspecified atom stereocenters. The zero-order valence-electron chi connectivity index (χ0n) is 19.4. The third-order valence-electron chi connectivity index (χ3n) is 7.00. The van der Waals surface area contributed by atoms with Gasteiger partial charge in [-0.25, -0.2) is 4.98 Å². The van der Waals surface area contributed by atoms with Crippen LogP contribution in [0.3, 0.4) is 0 Å². The summed E-state index contributed by atoms with van der Waals surface area (Å²) in [6.07, 6.45) is 3.94. The van der Waals surface area contributed by atoms with Crippen molar-refractivity contribution >= 4 is 22.6 Å². The zero-order chi connectivity index (χ0) is 24.4. The number of aromatic nitrogens is 2. The Morgan fingerprint density at radius 3 is 2.77 bits per heavy atom. The van der Waals surface area contributed by atoms with Crippen LogP contribution in [-0.4, -0.2) is 34.1 Å². The van der Waals surface area contributed by atoms with Gasteiger partial charge in [-0.05, 0) is 67.3 Å². The van der Waals surface area contributed by atoms with E-state index in [9.17, 15) is 14.9 Å². The number of nitrogens with two attached hydrogens (primary N) is 1. The van der Waals surface area contributed by atoms with Crippen molar-refractivity contribution in [3.05, 3.63) is 64.1 Å². The molecule has 35 heavy (non-hydrogen) atoms. The normalized spacial score (nSPS) is 20.4. The number of amides is 1. The van der Waals surface area contributed by atoms with E-state index >= 15 is 0 Å². The molecular weight excluding hydrogens is 444 g/mol. The molecule has 1 amide bonds. The standard InChI is InChI=1S/C26H28N6O3/c27-12-16-1-2-18-5-10-25(34)32(22(18)11-16)14-21(28)17-3-6-19(7-4-17)29-13-20-8-9-23-26(30-20)31-24(33)15-35-23/h1-2,5,8-11,17,19,21,29H,3-4,6-7,13-15,28H2,(H,30,31,33)/t17-,19-,21-/m0/s1. The van der Waals surface area contributed by atoms with Crippen LogP contribution >= 0.6 is 0 Å². The second-order valence-electron chi connectivity index (χ2n) is 9.31. The molecule has 1 aliphatic heterocycles. The van der Waals surface area contributed by atoms with Gasteiger partial charge >= 0.3 is 0 Å². The highest BCUT2D eigenvalue weighted by atomic mass is 16.5. The maximum atomic E-state index is 12.6. The summed E-state index contributed by atoms with van der Waals surface area (Å²) >= 11 is 0. The molecular formula is C26H28N6O3. The molecule has 3 aromatic rings. The number of nitriles is 1. The third-order valence-corrected chi connectivity index (χ3v) is 7.00. The number of hydrogen-bond acceptors (Lipinski definition) is 7. The quantitative estimate of drug-likeness (QED) is 0.501. The molecule has 2 aliphatic rings. The van der Waals surface area contributed by atoms with Crippen LogP contribution < -0.4 is 26.7 Å². The maximum Gasteiger partial charge on any atom is 0.263 e. The van der Waals surface area contributed by atoms with Crippen LogP contribution in [0.2, 0.25) is 0 Å². The lowest BCUT2D eigenvalue weighted by Gasteiger charge is -2.33. The van der Waals surface area contributed by atoms with Crippen molar-refractivity contribution in [2.45, 2.75) is 50.9 Å². The smallest absolute Gasteiger partial charge is 0.263 e. The van der Waals surface area contributed by atoms with Crippen LogP contribution in [0.15, 0.2) is 47.3 Å². The Kier molecular flexibility index (Phi) is 6.49. The van der Waals surface area contributed by atoms with Gasteiger partial charge in [-0.1, -0.05) is 6.07 Å². The molecule has 9 nitrogen and oxygen atoms in total. The second kappa shape index (κ2) is 9.86. The van der Waals surface area contributed by atoms with Gasteiger partial charge < -0.3 is 25.7 Å². The Morgan fingerprint density at radius 2 is 1.97 bits per heavy atom. The number of anilines is 1. The number of benzene rings is 1. The molecule has 1 saturated carbocycles. The van der Waals surface area contributed by atoms with Gasteiger partial charge in [-0.2, -0.15) is 5.26 Å². The number of ether oxygens (including phenoxy) is 1. The fraction of sp³-hybridized carbons (Fsp3) is 0.385. The van der Waals surface area contributed by atoms with Crippen LogP contribution in [0.25, 0.3) is 10.9 Å². The van der Waals surface area contributed by atoms with Crippen LogP contribution in [0.1, 0.15) is 36.9 Å². The van der Waals surface area contributed by atoms with Gasteiger partial charge in [0.05, 0.1) is 22.8 Å². The fourth-order valence-electron chi connectivity index (χ4n) is 5.01. The van der Waals surface area contributed by atoms with Crippen molar-refractivity contribution < 1.29 is 9.53 Å². The summed E-state index contributed by atoms with van der Waals surface area (Å²) in [6.45, 7) is 1.06. The molecule has 0 bridgehead atoms. The number of hydrogen-bond donors (Lipinski definition) is 3. The van der Waals surface area contributed by atoms with Crippen molar-refractivity contribution in [3.8, 4) is 11.8 Å². The molecule has 9 heteroatoms. The molecule has 4 N–H and O–H groups in total. The second-order valence-corrected chi connectivity index (χ2v) is 9.31. The molecule has 0 saturated heterocycles. The molecule has 0 radical (unpaired) electrons. The highest BCUT2D eigenvalue weighted by Gasteiger charge is 2.26. The number of nitrogens with zero attached hydrogens (tertiary/aromatic N) is 3. The Labute approximate surface area is 202 Å². The summed E-state index contributed by atoms with van der Waals surface area (Å²) in [5.41, 5.74) is 8.62. The Hall–Kier alpha value is -3.74. The first-order valence-electron chi connectivity index (χ1n) is 12.0. The topological polar surface area (TPSA) is 135 Å². The summed E-state index contributed by atoms with van der Waals surface area (Å²) in [6, 6.07) is 14.8. The van der Waals surface area contributed by atoms with Crippen molar-refractivity contribution in [2.75, 3.05) is 11.9 Å². The summed E-state index contributed by atoms with van der Waals surface area (Å²) < 4.78 is 7.07. The van der Waals surface area contributed by atoms with Gasteiger partial charge in [0.25, 0.3) is 11.5 Å². The van der Waals surface area contributed by atoms with Crippen LogP contribution in [0, 0.1) is 17.2 Å². The summed E-state index contributed by atoms with van der Waals surface area (Å²) in [5, 5.41) is 16.5. The van der Waals surface area contributed by atoms with E-state index in [1.165, 1.54) is 0 Å². The summed E-state index contributed by atoms with van der Waals surface area (Å²) in [4.78, 5) is 28.6. The molecule has 1 atom stereocenters. The minimum atomic E-state index is -0.193. The van der Waals surface area contributed by atoms with Gasteiger partial charge in [0.2, 0.25) is 0 Å². The van der Waals surface area contributed by atoms with E-state index in [0.29, 0.717) is 42.2 Å². The number of nitrogens with one attached hydrogen (secondary N) is 2. The minimum absolute atomic E-state index is 0.0215. The molecule has 180 valence electrons. The minimum Gasteiger partial charge on any atom is -0.480 e. The van der Waals surface area contributed by atoms with E-state index < -0.39 is 0 Å². The van der Waals surface area contributed by atoms with E-state index in [4.69, 9.17) is 10.5 Å². The number of pyridine rings is 2. The number of rotatable bonds is 6. The van der Waals surface area contributed by atoms with E-state index in [1.807, 2.05) is 18.2 Å². The van der Waals surface area contributed by atoms with E-state index in [0.717, 1.165) is 42.3 Å². The predicted octanol–water partition coefficient (Wildman–Crippen LogP) is 2.27. The molecule has 2 aromatic heterocycles. The molecule has 1 aromatic carbocycles. The highest BCUT2D eigenvalue weighted by Crippen LogP contribution is 2.28. The fourth-order valence-corrected chi connectivity index (χ4v) is 5.01. The van der Waals surface area contributed by atoms with Gasteiger partial charge in [0.1, 0.15) is 0 Å². The Morgan fingerprint density at radius 1 is 1.17 bits per heavy atom. The Bertz CT molecular complexity index is 1350. The average molecular weight is 473 g/mol. The first-order valence-corrected chi connectivity index (χ1v) is 12.0. The number of carbonyl (C=O) groups is 1. The van der Waals surface area contributed by atoms with Gasteiger partial charge in [0, 0.05) is 31.2 Å². The van der Waals surface area contributed by atoms with Gasteiger partial charge in [-0.15, -0.1) is 0 Å². The monoisotopic (exact) mass is 472 g/mol. The first kappa shape index (κ1) is 23.0.